The smallest absolute Gasteiger partial charge is 0.423 e. The van der Waals surface area contributed by atoms with Gasteiger partial charge in [-0.25, -0.2) is 0 Å². The van der Waals surface area contributed by atoms with Crippen molar-refractivity contribution >= 4 is 30.1 Å². The van der Waals surface area contributed by atoms with E-state index in [-0.39, 0.29) is 17.5 Å². The van der Waals surface area contributed by atoms with Gasteiger partial charge in [-0.05, 0) is 42.4 Å². The van der Waals surface area contributed by atoms with Crippen molar-refractivity contribution in [3.05, 3.63) is 41.7 Å². The summed E-state index contributed by atoms with van der Waals surface area (Å²) >= 11 is 0. The molecular formula is C19H25BN4O4. The summed E-state index contributed by atoms with van der Waals surface area (Å²) in [6, 6.07) is 7.94. The number of primary amides is 1. The molecule has 1 aliphatic carbocycles. The van der Waals surface area contributed by atoms with E-state index in [1.54, 1.807) is 37.4 Å². The summed E-state index contributed by atoms with van der Waals surface area (Å²) in [5.74, 6) is -1.12. The quantitative estimate of drug-likeness (QED) is 0.539. The Kier molecular flexibility index (Phi) is 6.16. The van der Waals surface area contributed by atoms with E-state index in [1.807, 2.05) is 0 Å². The lowest BCUT2D eigenvalue weighted by Crippen LogP contribution is -2.31. The molecule has 2 amide bonds. The van der Waals surface area contributed by atoms with Crippen LogP contribution in [0.2, 0.25) is 0 Å². The van der Waals surface area contributed by atoms with Gasteiger partial charge in [0.2, 0.25) is 5.91 Å². The molecule has 0 bridgehead atoms. The first-order valence-electron chi connectivity index (χ1n) is 9.47. The Morgan fingerprint density at radius 1 is 1.21 bits per heavy atom. The van der Waals surface area contributed by atoms with Crippen LogP contribution in [0.1, 0.15) is 54.2 Å². The molecule has 0 unspecified atom stereocenters. The van der Waals surface area contributed by atoms with Crippen molar-refractivity contribution in [1.82, 2.24) is 9.78 Å². The van der Waals surface area contributed by atoms with E-state index in [4.69, 9.17) is 5.73 Å². The summed E-state index contributed by atoms with van der Waals surface area (Å²) in [6.07, 6.45) is 5.14. The highest BCUT2D eigenvalue weighted by atomic mass is 16.4. The Balaban J connectivity index is 1.86. The molecule has 0 spiro atoms. The third kappa shape index (κ3) is 4.43. The van der Waals surface area contributed by atoms with E-state index in [0.29, 0.717) is 16.8 Å². The molecule has 1 fully saturated rings. The molecule has 0 aliphatic heterocycles. The first kappa shape index (κ1) is 20.1. The largest absolute Gasteiger partial charge is 0.488 e. The van der Waals surface area contributed by atoms with Gasteiger partial charge in [0.25, 0.3) is 5.91 Å². The normalized spacial score (nSPS) is 15.8. The van der Waals surface area contributed by atoms with Crippen LogP contribution in [0.25, 0.3) is 0 Å². The van der Waals surface area contributed by atoms with Gasteiger partial charge < -0.3 is 21.1 Å². The summed E-state index contributed by atoms with van der Waals surface area (Å²) in [4.78, 5) is 24.7. The fourth-order valence-corrected chi connectivity index (χ4v) is 3.89. The zero-order valence-electron chi connectivity index (χ0n) is 15.8. The average molecular weight is 384 g/mol. The number of carbonyl (C=O) groups excluding carboxylic acids is 2. The predicted molar refractivity (Wildman–Crippen MR) is 106 cm³/mol. The van der Waals surface area contributed by atoms with Gasteiger partial charge >= 0.3 is 7.12 Å². The van der Waals surface area contributed by atoms with Gasteiger partial charge in [-0.3, -0.25) is 14.3 Å². The topological polar surface area (TPSA) is 130 Å². The maximum Gasteiger partial charge on any atom is 0.488 e. The fourth-order valence-electron chi connectivity index (χ4n) is 3.89. The highest BCUT2D eigenvalue weighted by molar-refractivity contribution is 6.58. The van der Waals surface area contributed by atoms with Crippen molar-refractivity contribution in [3.8, 4) is 0 Å². The van der Waals surface area contributed by atoms with Crippen LogP contribution in [-0.4, -0.2) is 38.8 Å². The molecule has 28 heavy (non-hydrogen) atoms. The zero-order chi connectivity index (χ0) is 20.3. The number of hydrogen-bond acceptors (Lipinski definition) is 5. The van der Waals surface area contributed by atoms with Crippen molar-refractivity contribution in [2.45, 2.75) is 38.0 Å². The minimum absolute atomic E-state index is 0.142. The molecular weight excluding hydrogens is 359 g/mol. The molecule has 1 heterocycles. The Bertz CT molecular complexity index is 844. The molecule has 1 saturated carbocycles. The second-order valence-corrected chi connectivity index (χ2v) is 7.30. The molecule has 1 aromatic heterocycles. The first-order chi connectivity index (χ1) is 13.4. The highest BCUT2D eigenvalue weighted by Crippen LogP contribution is 2.36. The number of carbonyl (C=O) groups is 2. The van der Waals surface area contributed by atoms with Gasteiger partial charge in [0.15, 0.2) is 0 Å². The number of anilines is 1. The summed E-state index contributed by atoms with van der Waals surface area (Å²) in [6.45, 7) is 0. The lowest BCUT2D eigenvalue weighted by atomic mass is 9.78. The molecule has 9 heteroatoms. The molecule has 148 valence electrons. The number of rotatable bonds is 6. The van der Waals surface area contributed by atoms with Crippen LogP contribution in [0.15, 0.2) is 30.3 Å². The number of hydrogen-bond donors (Lipinski definition) is 4. The third-order valence-corrected chi connectivity index (χ3v) is 5.35. The van der Waals surface area contributed by atoms with E-state index >= 15 is 0 Å². The molecule has 1 aliphatic rings. The maximum absolute atomic E-state index is 13.1. The Hall–Kier alpha value is -2.65. The molecule has 1 atom stereocenters. The van der Waals surface area contributed by atoms with Gasteiger partial charge in [0.05, 0.1) is 11.6 Å². The molecule has 1 aromatic carbocycles. The summed E-state index contributed by atoms with van der Waals surface area (Å²) in [7, 11) is 0.0821. The van der Waals surface area contributed by atoms with Crippen molar-refractivity contribution in [2.24, 2.45) is 18.7 Å². The predicted octanol–water partition coefficient (Wildman–Crippen LogP) is 0.501. The Labute approximate surface area is 163 Å². The Morgan fingerprint density at radius 2 is 1.86 bits per heavy atom. The zero-order valence-corrected chi connectivity index (χ0v) is 15.8. The summed E-state index contributed by atoms with van der Waals surface area (Å²) in [5.41, 5.74) is 7.12. The number of nitrogens with two attached hydrogens (primary N) is 1. The lowest BCUT2D eigenvalue weighted by molar-refractivity contribution is -0.119. The maximum atomic E-state index is 13.1. The van der Waals surface area contributed by atoms with Crippen LogP contribution in [0.3, 0.4) is 0 Å². The van der Waals surface area contributed by atoms with E-state index in [0.717, 1.165) is 32.1 Å². The number of benzene rings is 1. The van der Waals surface area contributed by atoms with Crippen molar-refractivity contribution in [3.63, 3.8) is 0 Å². The molecule has 0 radical (unpaired) electrons. The fraction of sp³-hybridized carbons (Fsp3) is 0.421. The van der Waals surface area contributed by atoms with E-state index in [9.17, 15) is 19.6 Å². The minimum Gasteiger partial charge on any atom is -0.423 e. The van der Waals surface area contributed by atoms with Crippen LogP contribution in [0.5, 0.6) is 0 Å². The molecule has 8 nitrogen and oxygen atoms in total. The van der Waals surface area contributed by atoms with Crippen molar-refractivity contribution in [2.75, 3.05) is 5.32 Å². The number of aromatic nitrogens is 2. The minimum atomic E-state index is -1.56. The van der Waals surface area contributed by atoms with Crippen LogP contribution in [0.4, 0.5) is 5.69 Å². The molecule has 3 rings (SSSR count). The summed E-state index contributed by atoms with van der Waals surface area (Å²) in [5, 5.41) is 25.7. The van der Waals surface area contributed by atoms with Crippen LogP contribution >= 0.6 is 0 Å². The molecule has 5 N–H and O–H groups in total. The number of nitrogens with zero attached hydrogens (tertiary/aromatic N) is 2. The Morgan fingerprint density at radius 3 is 2.39 bits per heavy atom. The van der Waals surface area contributed by atoms with Crippen LogP contribution in [-0.2, 0) is 11.8 Å². The molecule has 0 saturated heterocycles. The van der Waals surface area contributed by atoms with E-state index in [2.05, 4.69) is 10.4 Å². The second kappa shape index (κ2) is 8.58. The van der Waals surface area contributed by atoms with Crippen molar-refractivity contribution < 1.29 is 19.6 Å². The van der Waals surface area contributed by atoms with Gasteiger partial charge in [-0.15, -0.1) is 0 Å². The standard InChI is InChI=1S/C19H25BN4O4/c1-24-16(18(21)25)11-15(23-24)17(12-5-3-2-4-6-12)19(26)22-14-9-7-13(8-10-14)20(27)28/h7-12,17,27-28H,2-6H2,1H3,(H2,21,25)(H,22,26)/t17-/m0/s1. The van der Waals surface area contributed by atoms with Gasteiger partial charge in [0.1, 0.15) is 5.69 Å². The highest BCUT2D eigenvalue weighted by Gasteiger charge is 2.34. The summed E-state index contributed by atoms with van der Waals surface area (Å²) < 4.78 is 1.41. The van der Waals surface area contributed by atoms with Crippen molar-refractivity contribution in [1.29, 1.82) is 0 Å². The van der Waals surface area contributed by atoms with Gasteiger partial charge in [0, 0.05) is 12.7 Å². The van der Waals surface area contributed by atoms with E-state index in [1.165, 1.54) is 4.68 Å². The number of amides is 2. The van der Waals surface area contributed by atoms with Crippen LogP contribution in [0, 0.1) is 5.92 Å². The van der Waals surface area contributed by atoms with Gasteiger partial charge in [-0.1, -0.05) is 31.4 Å². The SMILES string of the molecule is Cn1nc([C@@H](C(=O)Nc2ccc(B(O)O)cc2)C2CCCCC2)cc1C(N)=O. The lowest BCUT2D eigenvalue weighted by Gasteiger charge is -2.28. The third-order valence-electron chi connectivity index (χ3n) is 5.35. The monoisotopic (exact) mass is 384 g/mol. The first-order valence-corrected chi connectivity index (χ1v) is 9.47. The average Bonchev–Trinajstić information content (AvgIpc) is 3.04. The molecule has 2 aromatic rings. The van der Waals surface area contributed by atoms with Crippen LogP contribution < -0.4 is 16.5 Å². The van der Waals surface area contributed by atoms with E-state index < -0.39 is 18.9 Å². The number of nitrogens with one attached hydrogen (secondary N) is 1. The van der Waals surface area contributed by atoms with Gasteiger partial charge in [-0.2, -0.15) is 5.10 Å². The number of aryl methyl sites for hydroxylation is 1. The second-order valence-electron chi connectivity index (χ2n) is 7.30.